The molecular weight excluding hydrogens is 60.1 g/mol. The maximum atomic E-state index is 6.80. The van der Waals surface area contributed by atoms with Crippen LogP contribution in [0.15, 0.2) is 11.6 Å². The summed E-state index contributed by atoms with van der Waals surface area (Å²) >= 11 is 0. The van der Waals surface area contributed by atoms with Crippen molar-refractivity contribution in [2.24, 2.45) is 0 Å². The maximum Gasteiger partial charge on any atom is 0.0276 e. The molecule has 0 rings (SSSR count). The predicted octanol–water partition coefficient (Wildman–Crippen LogP) is 1.97. The Hall–Kier alpha value is -0.260. The van der Waals surface area contributed by atoms with Crippen LogP contribution in [-0.4, -0.2) is 0 Å². The first-order chi connectivity index (χ1) is 3.48. The minimum atomic E-state index is -1.88. The van der Waals surface area contributed by atoms with Gasteiger partial charge in [-0.3, -0.25) is 0 Å². The lowest BCUT2D eigenvalue weighted by Gasteiger charge is -1.74. The molecule has 0 amide bonds. The van der Waals surface area contributed by atoms with Crippen LogP contribution in [0.4, 0.5) is 0 Å². The van der Waals surface area contributed by atoms with E-state index in [0.29, 0.717) is 5.57 Å². The summed E-state index contributed by atoms with van der Waals surface area (Å²) in [6.45, 7) is 1.45. The lowest BCUT2D eigenvalue weighted by atomic mass is 10.3. The Morgan fingerprint density at radius 1 is 2.00 bits per heavy atom. The van der Waals surface area contributed by atoms with E-state index >= 15 is 0 Å². The molecule has 0 aliphatic heterocycles. The van der Waals surface area contributed by atoms with Crippen molar-refractivity contribution in [3.8, 4) is 0 Å². The third-order valence-corrected chi connectivity index (χ3v) is 0.433. The molecule has 0 fully saturated rings. The van der Waals surface area contributed by atoms with E-state index in [1.54, 1.807) is 19.9 Å². The van der Waals surface area contributed by atoms with Crippen LogP contribution in [0.2, 0.25) is 0 Å². The van der Waals surface area contributed by atoms with Crippen molar-refractivity contribution in [1.29, 1.82) is 0 Å². The van der Waals surface area contributed by atoms with E-state index in [-0.39, 0.29) is 0 Å². The number of hydrogen-bond acceptors (Lipinski definition) is 0. The lowest BCUT2D eigenvalue weighted by molar-refractivity contribution is 1.36. The normalized spacial score (nSPS) is 23.6. The van der Waals surface area contributed by atoms with Crippen molar-refractivity contribution in [3.05, 3.63) is 11.6 Å². The van der Waals surface area contributed by atoms with Crippen LogP contribution in [-0.2, 0) is 0 Å². The lowest BCUT2D eigenvalue weighted by Crippen LogP contribution is -1.52. The Kier molecular flexibility index (Phi) is 0.586. The molecule has 0 aliphatic rings. The van der Waals surface area contributed by atoms with Crippen LogP contribution in [0.3, 0.4) is 0 Å². The fourth-order valence-electron chi connectivity index (χ4n) is 0. The molecule has 0 aliphatic carbocycles. The first-order valence-corrected chi connectivity index (χ1v) is 1.62. The second-order valence-corrected chi connectivity index (χ2v) is 0.972. The average Bonchev–Trinajstić information content (AvgIpc) is 1.62. The summed E-state index contributed by atoms with van der Waals surface area (Å²) in [5, 5.41) is 0. The molecule has 0 spiro atoms. The first-order valence-electron chi connectivity index (χ1n) is 3.12. The number of rotatable bonds is 0. The predicted molar refractivity (Wildman–Crippen MR) is 25.1 cm³/mol. The zero-order chi connectivity index (χ0) is 6.78. The topological polar surface area (TPSA) is 0 Å². The molecular formula is C5H10. The van der Waals surface area contributed by atoms with E-state index in [1.165, 1.54) is 0 Å². The largest absolute Gasteiger partial charge is 0.0890 e. The highest BCUT2D eigenvalue weighted by molar-refractivity contribution is 4.88. The smallest absolute Gasteiger partial charge is 0.0276 e. The van der Waals surface area contributed by atoms with E-state index in [2.05, 4.69) is 0 Å². The SMILES string of the molecule is [2H]C([2H])([2H])/C(C)=C/C. The minimum absolute atomic E-state index is 0.456. The van der Waals surface area contributed by atoms with Crippen molar-refractivity contribution in [2.45, 2.75) is 20.7 Å². The highest BCUT2D eigenvalue weighted by atomic mass is 13.7. The molecule has 0 heteroatoms. The third-order valence-electron chi connectivity index (χ3n) is 0.433. The van der Waals surface area contributed by atoms with Gasteiger partial charge in [-0.15, -0.1) is 0 Å². The summed E-state index contributed by atoms with van der Waals surface area (Å²) in [7, 11) is 0. The van der Waals surface area contributed by atoms with Gasteiger partial charge in [0.05, 0.1) is 0 Å². The van der Waals surface area contributed by atoms with Crippen molar-refractivity contribution in [2.75, 3.05) is 0 Å². The molecule has 0 radical (unpaired) electrons. The van der Waals surface area contributed by atoms with Crippen LogP contribution in [0.1, 0.15) is 24.8 Å². The molecule has 0 heterocycles. The molecule has 0 nitrogen and oxygen atoms in total. The molecule has 0 saturated carbocycles. The van der Waals surface area contributed by atoms with E-state index in [4.69, 9.17) is 4.11 Å². The van der Waals surface area contributed by atoms with E-state index in [9.17, 15) is 0 Å². The molecule has 0 aromatic carbocycles. The first kappa shape index (κ1) is 1.46. The van der Waals surface area contributed by atoms with Gasteiger partial charge in [-0.05, 0) is 20.7 Å². The van der Waals surface area contributed by atoms with Gasteiger partial charge in [0.1, 0.15) is 0 Å². The minimum Gasteiger partial charge on any atom is -0.0890 e. The quantitative estimate of drug-likeness (QED) is 0.384. The third kappa shape index (κ3) is 3.74. The summed E-state index contributed by atoms with van der Waals surface area (Å²) in [5.41, 5.74) is 0.456. The molecule has 5 heavy (non-hydrogen) atoms. The summed E-state index contributed by atoms with van der Waals surface area (Å²) < 4.78 is 20.4. The Bertz CT molecular complexity index is 98.7. The van der Waals surface area contributed by atoms with E-state index < -0.39 is 6.85 Å². The zero-order valence-electron chi connectivity index (χ0n) is 6.58. The van der Waals surface area contributed by atoms with Gasteiger partial charge < -0.3 is 0 Å². The molecule has 0 bridgehead atoms. The Labute approximate surface area is 37.7 Å². The van der Waals surface area contributed by atoms with Crippen LogP contribution >= 0.6 is 0 Å². The van der Waals surface area contributed by atoms with Crippen LogP contribution in [0, 0.1) is 0 Å². The van der Waals surface area contributed by atoms with Crippen molar-refractivity contribution >= 4 is 0 Å². The summed E-state index contributed by atoms with van der Waals surface area (Å²) in [6, 6.07) is 0. The zero-order valence-corrected chi connectivity index (χ0v) is 3.58. The molecule has 0 saturated heterocycles. The molecule has 0 aromatic rings. The van der Waals surface area contributed by atoms with Gasteiger partial charge >= 0.3 is 0 Å². The van der Waals surface area contributed by atoms with Crippen molar-refractivity contribution in [1.82, 2.24) is 0 Å². The molecule has 0 N–H and O–H groups in total. The Morgan fingerprint density at radius 3 is 2.60 bits per heavy atom. The maximum absolute atomic E-state index is 6.80. The summed E-state index contributed by atoms with van der Waals surface area (Å²) in [6.07, 6.45) is 1.60. The highest BCUT2D eigenvalue weighted by Crippen LogP contribution is 1.82. The van der Waals surface area contributed by atoms with Gasteiger partial charge in [0.15, 0.2) is 0 Å². The van der Waals surface area contributed by atoms with Crippen LogP contribution < -0.4 is 0 Å². The van der Waals surface area contributed by atoms with E-state index in [1.807, 2.05) is 0 Å². The fourth-order valence-corrected chi connectivity index (χ4v) is 0. The number of allylic oxidation sites excluding steroid dienone is 2. The van der Waals surface area contributed by atoms with Gasteiger partial charge in [-0.2, -0.15) is 0 Å². The molecule has 0 atom stereocenters. The molecule has 0 aromatic heterocycles. The fraction of sp³-hybridized carbons (Fsp3) is 0.600. The standard InChI is InChI=1S/C5H10/c1-4-5(2)3/h4H,1-3H3/i2D3/b5-4-. The average molecular weight is 73.2 g/mol. The number of hydrogen-bond donors (Lipinski definition) is 0. The van der Waals surface area contributed by atoms with Crippen molar-refractivity contribution in [3.63, 3.8) is 0 Å². The van der Waals surface area contributed by atoms with Crippen LogP contribution in [0.5, 0.6) is 0 Å². The Morgan fingerprint density at radius 2 is 2.60 bits per heavy atom. The van der Waals surface area contributed by atoms with E-state index in [0.717, 1.165) is 0 Å². The van der Waals surface area contributed by atoms with Gasteiger partial charge in [0.2, 0.25) is 0 Å². The Balaban J connectivity index is 4.03. The summed E-state index contributed by atoms with van der Waals surface area (Å²) in [4.78, 5) is 0. The molecule has 30 valence electrons. The second kappa shape index (κ2) is 2.01. The summed E-state index contributed by atoms with van der Waals surface area (Å²) in [5.74, 6) is 0. The van der Waals surface area contributed by atoms with Gasteiger partial charge in [-0.25, -0.2) is 0 Å². The molecule has 0 unspecified atom stereocenters. The van der Waals surface area contributed by atoms with Crippen LogP contribution in [0.25, 0.3) is 0 Å². The monoisotopic (exact) mass is 73.1 g/mol. The highest BCUT2D eigenvalue weighted by Gasteiger charge is 1.60. The van der Waals surface area contributed by atoms with Gasteiger partial charge in [0.25, 0.3) is 0 Å². The van der Waals surface area contributed by atoms with Gasteiger partial charge in [-0.1, -0.05) is 11.6 Å². The van der Waals surface area contributed by atoms with Gasteiger partial charge in [0, 0.05) is 4.11 Å². The van der Waals surface area contributed by atoms with Crippen molar-refractivity contribution < 1.29 is 4.11 Å². The second-order valence-electron chi connectivity index (χ2n) is 0.972.